The number of halogens is 1. The average Bonchev–Trinajstić information content (AvgIpc) is 3.30. The van der Waals surface area contributed by atoms with Crippen molar-refractivity contribution in [2.24, 2.45) is 5.92 Å². The van der Waals surface area contributed by atoms with Gasteiger partial charge in [0.05, 0.1) is 24.4 Å². The molecular formula is C26H26ClN5O3. The van der Waals surface area contributed by atoms with Crippen molar-refractivity contribution in [2.75, 3.05) is 49.6 Å². The number of anilines is 2. The first kappa shape index (κ1) is 23.1. The minimum Gasteiger partial charge on any atom is -0.495 e. The van der Waals surface area contributed by atoms with Gasteiger partial charge in [-0.15, -0.1) is 10.2 Å². The van der Waals surface area contributed by atoms with Gasteiger partial charge < -0.3 is 19.4 Å². The fourth-order valence-electron chi connectivity index (χ4n) is 4.65. The van der Waals surface area contributed by atoms with Gasteiger partial charge in [0.1, 0.15) is 5.75 Å². The molecule has 5 rings (SSSR count). The predicted molar refractivity (Wildman–Crippen MR) is 135 cm³/mol. The van der Waals surface area contributed by atoms with E-state index in [4.69, 9.17) is 16.3 Å². The molecule has 3 heterocycles. The molecule has 2 aliphatic rings. The van der Waals surface area contributed by atoms with Crippen LogP contribution in [0.4, 0.5) is 11.5 Å². The van der Waals surface area contributed by atoms with Crippen molar-refractivity contribution in [2.45, 2.75) is 6.42 Å². The second-order valence-corrected chi connectivity index (χ2v) is 9.11. The Labute approximate surface area is 209 Å². The second kappa shape index (κ2) is 9.92. The Hall–Kier alpha value is -3.65. The summed E-state index contributed by atoms with van der Waals surface area (Å²) in [5, 5.41) is 9.29. The van der Waals surface area contributed by atoms with Crippen molar-refractivity contribution < 1.29 is 14.3 Å². The Kier molecular flexibility index (Phi) is 6.55. The fraction of sp³-hybridized carbons (Fsp3) is 0.308. The quantitative estimate of drug-likeness (QED) is 0.543. The van der Waals surface area contributed by atoms with Crippen LogP contribution in [0, 0.1) is 5.92 Å². The summed E-state index contributed by atoms with van der Waals surface area (Å²) in [6.45, 7) is 2.80. The van der Waals surface area contributed by atoms with Gasteiger partial charge in [-0.1, -0.05) is 41.9 Å². The Balaban J connectivity index is 1.20. The third-order valence-corrected chi connectivity index (χ3v) is 6.78. The maximum atomic E-state index is 13.2. The molecule has 8 nitrogen and oxygen atoms in total. The molecule has 180 valence electrons. The van der Waals surface area contributed by atoms with Gasteiger partial charge in [0, 0.05) is 49.7 Å². The molecule has 35 heavy (non-hydrogen) atoms. The smallest absolute Gasteiger partial charge is 0.228 e. The van der Waals surface area contributed by atoms with Crippen molar-refractivity contribution in [3.63, 3.8) is 0 Å². The topological polar surface area (TPSA) is 78.9 Å². The number of rotatable bonds is 5. The van der Waals surface area contributed by atoms with Gasteiger partial charge in [-0.2, -0.15) is 0 Å². The number of amides is 2. The van der Waals surface area contributed by atoms with E-state index in [0.717, 1.165) is 17.1 Å². The van der Waals surface area contributed by atoms with Crippen LogP contribution in [0.2, 0.25) is 5.02 Å². The molecule has 1 unspecified atom stereocenters. The van der Waals surface area contributed by atoms with E-state index in [-0.39, 0.29) is 24.2 Å². The van der Waals surface area contributed by atoms with Crippen LogP contribution in [0.15, 0.2) is 60.7 Å². The molecule has 0 spiro atoms. The van der Waals surface area contributed by atoms with Crippen molar-refractivity contribution in [1.82, 2.24) is 15.1 Å². The summed E-state index contributed by atoms with van der Waals surface area (Å²) in [4.78, 5) is 31.6. The lowest BCUT2D eigenvalue weighted by atomic mass is 10.1. The highest BCUT2D eigenvalue weighted by Crippen LogP contribution is 2.35. The second-order valence-electron chi connectivity index (χ2n) is 8.68. The molecule has 2 saturated heterocycles. The minimum atomic E-state index is -0.386. The van der Waals surface area contributed by atoms with E-state index < -0.39 is 0 Å². The summed E-state index contributed by atoms with van der Waals surface area (Å²) in [6.07, 6.45) is 0.182. The lowest BCUT2D eigenvalue weighted by Crippen LogP contribution is -2.51. The third-order valence-electron chi connectivity index (χ3n) is 6.54. The van der Waals surface area contributed by atoms with Gasteiger partial charge in [-0.25, -0.2) is 0 Å². The molecule has 2 aromatic carbocycles. The summed E-state index contributed by atoms with van der Waals surface area (Å²) >= 11 is 6.14. The standard InChI is InChI=1S/C26H26ClN5O3/c1-35-23-9-7-20(27)16-22(23)32-17-19(15-25(32)33)26(34)31-13-11-30(12-14-31)24-10-8-21(28-29-24)18-5-3-2-4-6-18/h2-10,16,19H,11-15,17H2,1H3. The van der Waals surface area contributed by atoms with Gasteiger partial charge in [0.25, 0.3) is 0 Å². The SMILES string of the molecule is COc1ccc(Cl)cc1N1CC(C(=O)N2CCN(c3ccc(-c4ccccc4)nn3)CC2)CC1=O. The Morgan fingerprint density at radius 1 is 1.00 bits per heavy atom. The monoisotopic (exact) mass is 491 g/mol. The average molecular weight is 492 g/mol. The van der Waals surface area contributed by atoms with E-state index in [1.54, 1.807) is 30.2 Å². The van der Waals surface area contributed by atoms with Crippen molar-refractivity contribution in [3.05, 3.63) is 65.7 Å². The minimum absolute atomic E-state index is 0.00649. The van der Waals surface area contributed by atoms with Gasteiger partial charge in [0.15, 0.2) is 5.82 Å². The molecule has 0 radical (unpaired) electrons. The zero-order chi connectivity index (χ0) is 24.4. The maximum absolute atomic E-state index is 13.2. The summed E-state index contributed by atoms with van der Waals surface area (Å²) in [5.41, 5.74) is 2.45. The van der Waals surface area contributed by atoms with Crippen LogP contribution in [0.1, 0.15) is 6.42 Å². The molecule has 0 bridgehead atoms. The number of benzene rings is 2. The van der Waals surface area contributed by atoms with Crippen molar-refractivity contribution in [1.29, 1.82) is 0 Å². The first-order valence-electron chi connectivity index (χ1n) is 11.6. The van der Waals surface area contributed by atoms with Crippen LogP contribution >= 0.6 is 11.6 Å². The first-order valence-corrected chi connectivity index (χ1v) is 12.0. The molecule has 3 aromatic rings. The van der Waals surface area contributed by atoms with Crippen LogP contribution < -0.4 is 14.5 Å². The van der Waals surface area contributed by atoms with Crippen LogP contribution in [-0.2, 0) is 9.59 Å². The lowest BCUT2D eigenvalue weighted by molar-refractivity contribution is -0.136. The number of ether oxygens (including phenoxy) is 1. The van der Waals surface area contributed by atoms with Crippen LogP contribution in [0.3, 0.4) is 0 Å². The molecule has 0 aliphatic carbocycles. The van der Waals surface area contributed by atoms with Crippen molar-refractivity contribution >= 4 is 34.9 Å². The highest BCUT2D eigenvalue weighted by molar-refractivity contribution is 6.31. The van der Waals surface area contributed by atoms with Gasteiger partial charge in [-0.3, -0.25) is 9.59 Å². The number of aromatic nitrogens is 2. The number of methoxy groups -OCH3 is 1. The van der Waals surface area contributed by atoms with Crippen LogP contribution in [0.5, 0.6) is 5.75 Å². The summed E-state index contributed by atoms with van der Waals surface area (Å²) in [7, 11) is 1.55. The van der Waals surface area contributed by atoms with E-state index in [2.05, 4.69) is 15.1 Å². The molecule has 1 aromatic heterocycles. The number of carbonyl (C=O) groups excluding carboxylic acids is 2. The van der Waals surface area contributed by atoms with E-state index in [0.29, 0.717) is 49.2 Å². The number of piperazine rings is 1. The number of hydrogen-bond acceptors (Lipinski definition) is 6. The largest absolute Gasteiger partial charge is 0.495 e. The summed E-state index contributed by atoms with van der Waals surface area (Å²) in [6, 6.07) is 19.0. The molecule has 2 aliphatic heterocycles. The summed E-state index contributed by atoms with van der Waals surface area (Å²) in [5.74, 6) is 0.877. The predicted octanol–water partition coefficient (Wildman–Crippen LogP) is 3.51. The number of hydrogen-bond donors (Lipinski definition) is 0. The van der Waals surface area contributed by atoms with Crippen LogP contribution in [0.25, 0.3) is 11.3 Å². The number of nitrogens with zero attached hydrogens (tertiary/aromatic N) is 5. The first-order chi connectivity index (χ1) is 17.0. The van der Waals surface area contributed by atoms with E-state index in [1.165, 1.54) is 0 Å². The third kappa shape index (κ3) is 4.79. The van der Waals surface area contributed by atoms with E-state index in [9.17, 15) is 9.59 Å². The molecular weight excluding hydrogens is 466 g/mol. The molecule has 0 N–H and O–H groups in total. The molecule has 2 amide bonds. The molecule has 9 heteroatoms. The van der Waals surface area contributed by atoms with E-state index in [1.807, 2.05) is 47.4 Å². The maximum Gasteiger partial charge on any atom is 0.228 e. The zero-order valence-electron chi connectivity index (χ0n) is 19.4. The fourth-order valence-corrected chi connectivity index (χ4v) is 4.82. The molecule has 0 saturated carbocycles. The van der Waals surface area contributed by atoms with Crippen LogP contribution in [-0.4, -0.2) is 66.7 Å². The van der Waals surface area contributed by atoms with Gasteiger partial charge >= 0.3 is 0 Å². The molecule has 1 atom stereocenters. The Bertz CT molecular complexity index is 1210. The Morgan fingerprint density at radius 3 is 2.46 bits per heavy atom. The van der Waals surface area contributed by atoms with E-state index >= 15 is 0 Å². The normalized spacial score (nSPS) is 18.2. The van der Waals surface area contributed by atoms with Crippen molar-refractivity contribution in [3.8, 4) is 17.0 Å². The molecule has 2 fully saturated rings. The highest BCUT2D eigenvalue weighted by Gasteiger charge is 2.39. The lowest BCUT2D eigenvalue weighted by Gasteiger charge is -2.36. The highest BCUT2D eigenvalue weighted by atomic mass is 35.5. The zero-order valence-corrected chi connectivity index (χ0v) is 20.2. The van der Waals surface area contributed by atoms with Gasteiger partial charge in [0.2, 0.25) is 11.8 Å². The summed E-state index contributed by atoms with van der Waals surface area (Å²) < 4.78 is 5.39. The number of carbonyl (C=O) groups is 2. The van der Waals surface area contributed by atoms with Gasteiger partial charge in [-0.05, 0) is 30.3 Å². The Morgan fingerprint density at radius 2 is 1.77 bits per heavy atom.